The zero-order valence-corrected chi connectivity index (χ0v) is 20.9. The molecule has 1 saturated heterocycles. The molecule has 5 N–H and O–H groups in total. The van der Waals surface area contributed by atoms with Gasteiger partial charge in [0, 0.05) is 19.0 Å². The Kier molecular flexibility index (Phi) is 8.74. The van der Waals surface area contributed by atoms with Crippen molar-refractivity contribution in [3.63, 3.8) is 0 Å². The minimum Gasteiger partial charge on any atom is -0.493 e. The van der Waals surface area contributed by atoms with Crippen molar-refractivity contribution in [2.45, 2.75) is 37.6 Å². The molecule has 0 aromatic heterocycles. The number of rotatable bonds is 10. The maximum absolute atomic E-state index is 13.1. The zero-order chi connectivity index (χ0) is 26.2. The number of nitrogens with two attached hydrogens (primary N) is 2. The normalized spacial score (nSPS) is 17.9. The summed E-state index contributed by atoms with van der Waals surface area (Å²) in [5.41, 5.74) is 13.0. The van der Waals surface area contributed by atoms with E-state index in [4.69, 9.17) is 16.2 Å². The predicted octanol–water partition coefficient (Wildman–Crippen LogP) is 2.95. The van der Waals surface area contributed by atoms with E-state index in [0.29, 0.717) is 37.4 Å². The van der Waals surface area contributed by atoms with Crippen LogP contribution in [0.15, 0.2) is 66.7 Å². The Morgan fingerprint density at radius 3 is 2.43 bits per heavy atom. The molecular weight excluding hydrogens is 468 g/mol. The number of nitrogens with zero attached hydrogens (tertiary/aromatic N) is 1. The van der Waals surface area contributed by atoms with Crippen molar-refractivity contribution >= 4 is 28.5 Å². The highest BCUT2D eigenvalue weighted by Crippen LogP contribution is 2.29. The van der Waals surface area contributed by atoms with E-state index < -0.39 is 17.9 Å². The number of hydrogen-bond acceptors (Lipinski definition) is 5. The molecule has 0 aliphatic carbocycles. The van der Waals surface area contributed by atoms with Crippen LogP contribution in [0.5, 0.6) is 5.75 Å². The summed E-state index contributed by atoms with van der Waals surface area (Å²) < 4.78 is 6.01. The van der Waals surface area contributed by atoms with Gasteiger partial charge in [-0.15, -0.1) is 0 Å². The smallest absolute Gasteiger partial charge is 0.255 e. The van der Waals surface area contributed by atoms with E-state index in [1.807, 2.05) is 65.6 Å². The molecule has 3 amide bonds. The van der Waals surface area contributed by atoms with Gasteiger partial charge in [-0.3, -0.25) is 14.4 Å². The first kappa shape index (κ1) is 26.2. The van der Waals surface area contributed by atoms with Gasteiger partial charge in [0.25, 0.3) is 5.91 Å². The maximum atomic E-state index is 13.1. The molecule has 37 heavy (non-hydrogen) atoms. The number of carbonyl (C=O) groups excluding carboxylic acids is 3. The lowest BCUT2D eigenvalue weighted by Crippen LogP contribution is -2.45. The number of unbranched alkanes of at least 4 members (excludes halogenated alkanes) is 1. The number of ether oxygens (including phenoxy) is 1. The molecule has 8 nitrogen and oxygen atoms in total. The summed E-state index contributed by atoms with van der Waals surface area (Å²) in [5, 5.41) is 4.37. The topological polar surface area (TPSA) is 128 Å². The predicted molar refractivity (Wildman–Crippen MR) is 143 cm³/mol. The molecule has 2 atom stereocenters. The van der Waals surface area contributed by atoms with Crippen molar-refractivity contribution < 1.29 is 19.1 Å². The average molecular weight is 503 g/mol. The van der Waals surface area contributed by atoms with Crippen molar-refractivity contribution in [1.82, 2.24) is 10.2 Å². The first-order valence-corrected chi connectivity index (χ1v) is 12.8. The van der Waals surface area contributed by atoms with Crippen molar-refractivity contribution in [2.75, 3.05) is 26.2 Å². The molecule has 1 aliphatic rings. The first-order chi connectivity index (χ1) is 17.9. The SMILES string of the molecule is NC(=O)CNC(=O)c1cc2ccccc2cc1OCCCCN1CCC[C@@H](c2ccccc2)[C@H](N)C1=O. The minimum absolute atomic E-state index is 0.00444. The molecule has 1 heterocycles. The minimum atomic E-state index is -0.616. The number of hydrogen-bond donors (Lipinski definition) is 3. The second-order valence-electron chi connectivity index (χ2n) is 9.41. The zero-order valence-electron chi connectivity index (χ0n) is 20.9. The summed E-state index contributed by atoms with van der Waals surface area (Å²) in [5.74, 6) is -0.560. The van der Waals surface area contributed by atoms with Crippen LogP contribution in [0, 0.1) is 0 Å². The second-order valence-corrected chi connectivity index (χ2v) is 9.41. The van der Waals surface area contributed by atoms with Gasteiger partial charge in [-0.25, -0.2) is 0 Å². The average Bonchev–Trinajstić information content (AvgIpc) is 3.05. The molecule has 0 saturated carbocycles. The number of benzene rings is 3. The molecule has 3 aromatic carbocycles. The van der Waals surface area contributed by atoms with E-state index >= 15 is 0 Å². The van der Waals surface area contributed by atoms with Crippen LogP contribution < -0.4 is 21.5 Å². The summed E-state index contributed by atoms with van der Waals surface area (Å²) >= 11 is 0. The number of fused-ring (bicyclic) bond motifs is 1. The first-order valence-electron chi connectivity index (χ1n) is 12.8. The number of likely N-dealkylation sites (tertiary alicyclic amines) is 1. The third kappa shape index (κ3) is 6.65. The fourth-order valence-electron chi connectivity index (χ4n) is 4.84. The number of carbonyl (C=O) groups is 3. The molecule has 0 bridgehead atoms. The Labute approximate surface area is 216 Å². The molecule has 0 spiro atoms. The van der Waals surface area contributed by atoms with Crippen molar-refractivity contribution in [1.29, 1.82) is 0 Å². The molecule has 0 unspecified atom stereocenters. The Balaban J connectivity index is 1.33. The lowest BCUT2D eigenvalue weighted by molar-refractivity contribution is -0.132. The third-order valence-corrected chi connectivity index (χ3v) is 6.80. The molecular formula is C29H34N4O4. The quantitative estimate of drug-likeness (QED) is 0.367. The standard InChI is InChI=1S/C29H34N4O4/c30-26(34)19-32-28(35)24-17-21-11-4-5-12-22(21)18-25(24)37-16-7-6-14-33-15-8-13-23(27(31)29(33)36)20-9-2-1-3-10-20/h1-5,9-12,17-18,23,27H,6-8,13-16,19,31H2,(H2,30,34)(H,32,35)/t23-,27-/m0/s1. The summed E-state index contributed by atoms with van der Waals surface area (Å²) in [4.78, 5) is 38.7. The molecule has 0 radical (unpaired) electrons. The maximum Gasteiger partial charge on any atom is 0.255 e. The monoisotopic (exact) mass is 502 g/mol. The van der Waals surface area contributed by atoms with Gasteiger partial charge < -0.3 is 26.4 Å². The van der Waals surface area contributed by atoms with Gasteiger partial charge >= 0.3 is 0 Å². The third-order valence-electron chi connectivity index (χ3n) is 6.80. The van der Waals surface area contributed by atoms with E-state index in [1.165, 1.54) is 0 Å². The Morgan fingerprint density at radius 2 is 1.70 bits per heavy atom. The van der Waals surface area contributed by atoms with Gasteiger partial charge in [0.05, 0.1) is 24.8 Å². The second kappa shape index (κ2) is 12.4. The van der Waals surface area contributed by atoms with Gasteiger partial charge in [-0.2, -0.15) is 0 Å². The van der Waals surface area contributed by atoms with Crippen LogP contribution in [-0.4, -0.2) is 54.9 Å². The molecule has 194 valence electrons. The molecule has 1 fully saturated rings. The lowest BCUT2D eigenvalue weighted by Gasteiger charge is -2.25. The molecule has 8 heteroatoms. The largest absolute Gasteiger partial charge is 0.493 e. The van der Waals surface area contributed by atoms with E-state index in [0.717, 1.165) is 35.6 Å². The Bertz CT molecular complexity index is 1250. The highest BCUT2D eigenvalue weighted by atomic mass is 16.5. The summed E-state index contributed by atoms with van der Waals surface area (Å²) in [6.07, 6.45) is 3.26. The Hall–Kier alpha value is -3.91. The number of nitrogens with one attached hydrogen (secondary N) is 1. The van der Waals surface area contributed by atoms with Crippen LogP contribution in [0.1, 0.15) is 47.5 Å². The highest BCUT2D eigenvalue weighted by Gasteiger charge is 2.32. The number of primary amides is 1. The van der Waals surface area contributed by atoms with Gasteiger partial charge in [0.2, 0.25) is 11.8 Å². The summed E-state index contributed by atoms with van der Waals surface area (Å²) in [6.45, 7) is 1.45. The summed E-state index contributed by atoms with van der Waals surface area (Å²) in [7, 11) is 0. The van der Waals surface area contributed by atoms with Gasteiger partial charge in [-0.05, 0) is 54.2 Å². The summed E-state index contributed by atoms with van der Waals surface area (Å²) in [6, 6.07) is 20.7. The van der Waals surface area contributed by atoms with Crippen molar-refractivity contribution in [3.8, 4) is 5.75 Å². The fourth-order valence-corrected chi connectivity index (χ4v) is 4.84. The van der Waals surface area contributed by atoms with E-state index in [2.05, 4.69) is 5.32 Å². The van der Waals surface area contributed by atoms with Gasteiger partial charge in [0.1, 0.15) is 5.75 Å². The molecule has 3 aromatic rings. The van der Waals surface area contributed by atoms with Crippen LogP contribution in [0.25, 0.3) is 10.8 Å². The molecule has 4 rings (SSSR count). The van der Waals surface area contributed by atoms with Gasteiger partial charge in [-0.1, -0.05) is 54.6 Å². The van der Waals surface area contributed by atoms with Crippen LogP contribution in [0.3, 0.4) is 0 Å². The van der Waals surface area contributed by atoms with Crippen molar-refractivity contribution in [2.24, 2.45) is 11.5 Å². The highest BCUT2D eigenvalue weighted by molar-refractivity contribution is 6.02. The van der Waals surface area contributed by atoms with E-state index in [9.17, 15) is 14.4 Å². The van der Waals surface area contributed by atoms with Crippen LogP contribution in [0.2, 0.25) is 0 Å². The Morgan fingerprint density at radius 1 is 1.00 bits per heavy atom. The van der Waals surface area contributed by atoms with Crippen molar-refractivity contribution in [3.05, 3.63) is 77.9 Å². The van der Waals surface area contributed by atoms with E-state index in [-0.39, 0.29) is 18.4 Å². The van der Waals surface area contributed by atoms with Crippen LogP contribution in [0.4, 0.5) is 0 Å². The molecule has 1 aliphatic heterocycles. The van der Waals surface area contributed by atoms with Gasteiger partial charge in [0.15, 0.2) is 0 Å². The van der Waals surface area contributed by atoms with Crippen LogP contribution in [-0.2, 0) is 9.59 Å². The fraction of sp³-hybridized carbons (Fsp3) is 0.345. The lowest BCUT2D eigenvalue weighted by atomic mass is 9.88. The van der Waals surface area contributed by atoms with E-state index in [1.54, 1.807) is 6.07 Å². The van der Waals surface area contributed by atoms with Crippen LogP contribution >= 0.6 is 0 Å². The number of amides is 3.